The second-order valence-corrected chi connectivity index (χ2v) is 11.9. The number of nitrogens with zero attached hydrogens (tertiary/aromatic N) is 3. The number of aromatic nitrogens is 1. The molecule has 0 radical (unpaired) electrons. The maximum Gasteiger partial charge on any atom is 0.247 e. The summed E-state index contributed by atoms with van der Waals surface area (Å²) in [5.41, 5.74) is 3.86. The molecule has 44 heavy (non-hydrogen) atoms. The molecule has 0 spiro atoms. The quantitative estimate of drug-likeness (QED) is 0.233. The van der Waals surface area contributed by atoms with Gasteiger partial charge < -0.3 is 10.6 Å². The molecule has 9 heteroatoms. The minimum atomic E-state index is -0.779. The van der Waals surface area contributed by atoms with Crippen LogP contribution in [0.2, 0.25) is 0 Å². The Morgan fingerprint density at radius 3 is 2.02 bits per heavy atom. The van der Waals surface area contributed by atoms with Crippen molar-refractivity contribution in [3.05, 3.63) is 132 Å². The molecule has 1 aromatic heterocycles. The number of carbonyl (C=O) groups is 3. The SMILES string of the molecule is CC(C)N=C1SC(c2ccc(NC(=O)[C@@H](C)NC(=O)C(c3ccccc3)c3ccccc3)cc2)C(=O)N1Cc1ccccn1. The number of amides is 3. The maximum absolute atomic E-state index is 13.5. The molecule has 8 nitrogen and oxygen atoms in total. The van der Waals surface area contributed by atoms with Gasteiger partial charge in [0.05, 0.1) is 18.2 Å². The second kappa shape index (κ2) is 14.1. The molecule has 1 saturated heterocycles. The first-order chi connectivity index (χ1) is 21.3. The molecule has 1 aliphatic heterocycles. The van der Waals surface area contributed by atoms with E-state index in [0.717, 1.165) is 22.4 Å². The summed E-state index contributed by atoms with van der Waals surface area (Å²) in [6, 6.07) is 31.1. The van der Waals surface area contributed by atoms with E-state index in [0.29, 0.717) is 17.4 Å². The smallest absolute Gasteiger partial charge is 0.247 e. The molecule has 2 N–H and O–H groups in total. The topological polar surface area (TPSA) is 104 Å². The average Bonchev–Trinajstić information content (AvgIpc) is 3.32. The second-order valence-electron chi connectivity index (χ2n) is 10.8. The first-order valence-corrected chi connectivity index (χ1v) is 15.4. The monoisotopic (exact) mass is 605 g/mol. The third-order valence-corrected chi connectivity index (χ3v) is 8.37. The van der Waals surface area contributed by atoms with Gasteiger partial charge in [-0.2, -0.15) is 0 Å². The number of hydrogen-bond acceptors (Lipinski definition) is 6. The lowest BCUT2D eigenvalue weighted by molar-refractivity contribution is -0.126. The Balaban J connectivity index is 1.24. The molecule has 1 fully saturated rings. The van der Waals surface area contributed by atoms with E-state index in [-0.39, 0.29) is 23.8 Å². The van der Waals surface area contributed by atoms with Crippen LogP contribution in [-0.4, -0.2) is 44.9 Å². The fourth-order valence-corrected chi connectivity index (χ4v) is 6.21. The number of carbonyl (C=O) groups excluding carboxylic acids is 3. The predicted octanol–water partition coefficient (Wildman–Crippen LogP) is 5.94. The Kier molecular flexibility index (Phi) is 9.86. The zero-order valence-electron chi connectivity index (χ0n) is 24.9. The van der Waals surface area contributed by atoms with Crippen LogP contribution in [0.4, 0.5) is 5.69 Å². The van der Waals surface area contributed by atoms with Crippen molar-refractivity contribution >= 4 is 40.3 Å². The Morgan fingerprint density at radius 1 is 0.841 bits per heavy atom. The summed E-state index contributed by atoms with van der Waals surface area (Å²) < 4.78 is 0. The Bertz CT molecular complexity index is 1570. The van der Waals surface area contributed by atoms with Gasteiger partial charge in [0.2, 0.25) is 17.7 Å². The number of aliphatic imine (C=N–C) groups is 1. The third kappa shape index (κ3) is 7.41. The van der Waals surface area contributed by atoms with Crippen LogP contribution in [0.25, 0.3) is 0 Å². The first-order valence-electron chi connectivity index (χ1n) is 14.6. The van der Waals surface area contributed by atoms with Crippen LogP contribution in [0.1, 0.15) is 54.3 Å². The number of amidine groups is 1. The molecule has 4 aromatic rings. The highest BCUT2D eigenvalue weighted by Gasteiger charge is 2.39. The van der Waals surface area contributed by atoms with Crippen molar-refractivity contribution in [2.24, 2.45) is 4.99 Å². The fourth-order valence-electron chi connectivity index (χ4n) is 4.93. The Morgan fingerprint density at radius 2 is 1.45 bits per heavy atom. The van der Waals surface area contributed by atoms with Crippen LogP contribution in [0, 0.1) is 0 Å². The lowest BCUT2D eigenvalue weighted by atomic mass is 9.90. The van der Waals surface area contributed by atoms with Crippen LogP contribution in [-0.2, 0) is 20.9 Å². The first kappa shape index (κ1) is 30.7. The van der Waals surface area contributed by atoms with E-state index < -0.39 is 17.2 Å². The summed E-state index contributed by atoms with van der Waals surface area (Å²) in [4.78, 5) is 50.8. The number of thioether (sulfide) groups is 1. The molecule has 224 valence electrons. The fraction of sp³-hybridized carbons (Fsp3) is 0.229. The average molecular weight is 606 g/mol. The van der Waals surface area contributed by atoms with E-state index in [4.69, 9.17) is 4.99 Å². The summed E-state index contributed by atoms with van der Waals surface area (Å²) in [5.74, 6) is -1.20. The summed E-state index contributed by atoms with van der Waals surface area (Å²) in [5, 5.41) is 5.99. The highest BCUT2D eigenvalue weighted by atomic mass is 32.2. The predicted molar refractivity (Wildman–Crippen MR) is 175 cm³/mol. The molecule has 2 atom stereocenters. The van der Waals surface area contributed by atoms with Crippen molar-refractivity contribution in [1.82, 2.24) is 15.2 Å². The molecule has 1 aliphatic rings. The van der Waals surface area contributed by atoms with Gasteiger partial charge in [-0.05, 0) is 61.7 Å². The molecule has 5 rings (SSSR count). The van der Waals surface area contributed by atoms with E-state index >= 15 is 0 Å². The van der Waals surface area contributed by atoms with Crippen molar-refractivity contribution in [3.8, 4) is 0 Å². The van der Waals surface area contributed by atoms with Gasteiger partial charge in [-0.15, -0.1) is 0 Å². The van der Waals surface area contributed by atoms with E-state index in [9.17, 15) is 14.4 Å². The molecular formula is C35H35N5O3S. The molecular weight excluding hydrogens is 570 g/mol. The number of pyridine rings is 1. The van der Waals surface area contributed by atoms with Crippen molar-refractivity contribution < 1.29 is 14.4 Å². The molecule has 3 aromatic carbocycles. The Labute approximate surface area is 262 Å². The van der Waals surface area contributed by atoms with Crippen molar-refractivity contribution in [1.29, 1.82) is 0 Å². The van der Waals surface area contributed by atoms with Crippen LogP contribution in [0.5, 0.6) is 0 Å². The van der Waals surface area contributed by atoms with Crippen molar-refractivity contribution in [3.63, 3.8) is 0 Å². The number of rotatable bonds is 10. The molecule has 2 heterocycles. The molecule has 0 aliphatic carbocycles. The van der Waals surface area contributed by atoms with Gasteiger partial charge in [0.1, 0.15) is 11.3 Å². The number of anilines is 1. The minimum absolute atomic E-state index is 0.0333. The van der Waals surface area contributed by atoms with Gasteiger partial charge in [-0.25, -0.2) is 0 Å². The zero-order valence-corrected chi connectivity index (χ0v) is 25.7. The molecule has 0 bridgehead atoms. The van der Waals surface area contributed by atoms with Gasteiger partial charge in [0.25, 0.3) is 0 Å². The molecule has 1 unspecified atom stereocenters. The van der Waals surface area contributed by atoms with Crippen LogP contribution in [0.3, 0.4) is 0 Å². The van der Waals surface area contributed by atoms with E-state index in [2.05, 4.69) is 15.6 Å². The molecule has 3 amide bonds. The third-order valence-electron chi connectivity index (χ3n) is 7.12. The maximum atomic E-state index is 13.5. The number of benzene rings is 3. The zero-order chi connectivity index (χ0) is 31.1. The normalized spacial score (nSPS) is 16.4. The van der Waals surface area contributed by atoms with E-state index in [1.54, 1.807) is 30.2 Å². The van der Waals surface area contributed by atoms with Crippen LogP contribution in [0.15, 0.2) is 114 Å². The highest BCUT2D eigenvalue weighted by Crippen LogP contribution is 2.40. The Hall–Kier alpha value is -4.76. The van der Waals surface area contributed by atoms with Gasteiger partial charge in [0, 0.05) is 17.9 Å². The largest absolute Gasteiger partial charge is 0.344 e. The summed E-state index contributed by atoms with van der Waals surface area (Å²) in [6.07, 6.45) is 1.71. The van der Waals surface area contributed by atoms with Gasteiger partial charge >= 0.3 is 0 Å². The summed E-state index contributed by atoms with van der Waals surface area (Å²) in [7, 11) is 0. The standard InChI is InChI=1S/C35H35N5O3S/c1-23(2)37-35-40(22-29-16-10-11-21-36-29)34(43)31(44-35)27-17-19-28(20-18-27)39-32(41)24(3)38-33(42)30(25-12-6-4-7-13-25)26-14-8-5-9-15-26/h4-21,23-24,30-31H,22H2,1-3H3,(H,38,42)(H,39,41)/t24-,31?/m1/s1. The lowest BCUT2D eigenvalue weighted by Gasteiger charge is -2.21. The van der Waals surface area contributed by atoms with Gasteiger partial charge in [0.15, 0.2) is 5.17 Å². The highest BCUT2D eigenvalue weighted by molar-refractivity contribution is 8.15. The van der Waals surface area contributed by atoms with Crippen LogP contribution >= 0.6 is 11.8 Å². The number of nitrogens with one attached hydrogen (secondary N) is 2. The van der Waals surface area contributed by atoms with Crippen LogP contribution < -0.4 is 10.6 Å². The lowest BCUT2D eigenvalue weighted by Crippen LogP contribution is -2.43. The van der Waals surface area contributed by atoms with Crippen molar-refractivity contribution in [2.45, 2.75) is 50.6 Å². The van der Waals surface area contributed by atoms with Crippen molar-refractivity contribution in [2.75, 3.05) is 5.32 Å². The van der Waals surface area contributed by atoms with E-state index in [1.165, 1.54) is 11.8 Å². The van der Waals surface area contributed by atoms with E-state index in [1.807, 2.05) is 105 Å². The van der Waals surface area contributed by atoms with Gasteiger partial charge in [-0.1, -0.05) is 90.6 Å². The van der Waals surface area contributed by atoms with Gasteiger partial charge in [-0.3, -0.25) is 29.3 Å². The molecule has 0 saturated carbocycles. The summed E-state index contributed by atoms with van der Waals surface area (Å²) >= 11 is 1.42. The minimum Gasteiger partial charge on any atom is -0.344 e. The number of hydrogen-bond donors (Lipinski definition) is 2. The summed E-state index contributed by atoms with van der Waals surface area (Å²) in [6.45, 7) is 5.97.